The number of hydrogen-bond acceptors (Lipinski definition) is 9. The first-order valence-corrected chi connectivity index (χ1v) is 12.0. The number of rotatable bonds is 3. The second-order valence-corrected chi connectivity index (χ2v) is 10.0. The summed E-state index contributed by atoms with van der Waals surface area (Å²) in [5.74, 6) is -5.32. The molecule has 0 unspecified atom stereocenters. The minimum atomic E-state index is -2.19. The number of aromatic hydroxyl groups is 1. The van der Waals surface area contributed by atoms with E-state index in [-0.39, 0.29) is 47.3 Å². The SMILES string of the molecule is COC(=O)c1cc(N)cc(-c2ccc(O)c3c2C[C@H]2C[C@H]4CC(O)=C(C(N)=O)C(=O)[C@@]4(O)C(C)=C2C3=O)c1. The molecule has 7 N–H and O–H groups in total. The van der Waals surface area contributed by atoms with Crippen molar-refractivity contribution in [3.63, 3.8) is 0 Å². The Bertz CT molecular complexity index is 1540. The van der Waals surface area contributed by atoms with Gasteiger partial charge in [0.15, 0.2) is 11.4 Å². The van der Waals surface area contributed by atoms with Crippen molar-refractivity contribution in [2.24, 2.45) is 17.6 Å². The standard InChI is InChI=1S/C28H26N2O8/c1-11-21-13(6-15-10-20(32)23(26(30)35)25(34)28(11,15)37)9-18-17(3-4-19(31)22(18)24(21)33)12-5-14(27(36)38-2)8-16(29)7-12/h3-5,7-8,13,15,31-32,37H,6,9-10,29H2,1-2H3,(H2,30,35)/t13-,15+,28-/m1/s1. The molecule has 1 amide bonds. The van der Waals surface area contributed by atoms with Crippen molar-refractivity contribution in [1.82, 2.24) is 0 Å². The first-order chi connectivity index (χ1) is 17.9. The Kier molecular flexibility index (Phi) is 5.68. The van der Waals surface area contributed by atoms with Gasteiger partial charge < -0.3 is 31.5 Å². The maximum absolute atomic E-state index is 13.9. The van der Waals surface area contributed by atoms with Crippen LogP contribution in [0, 0.1) is 11.8 Å². The van der Waals surface area contributed by atoms with E-state index < -0.39 is 52.2 Å². The van der Waals surface area contributed by atoms with Crippen LogP contribution in [0.4, 0.5) is 5.69 Å². The number of esters is 1. The molecule has 2 aromatic carbocycles. The maximum Gasteiger partial charge on any atom is 0.337 e. The number of methoxy groups -OCH3 is 1. The van der Waals surface area contributed by atoms with Gasteiger partial charge in [0.1, 0.15) is 17.1 Å². The molecule has 3 aliphatic carbocycles. The van der Waals surface area contributed by atoms with Crippen LogP contribution < -0.4 is 11.5 Å². The Labute approximate surface area is 217 Å². The largest absolute Gasteiger partial charge is 0.511 e. The summed E-state index contributed by atoms with van der Waals surface area (Å²) in [6.45, 7) is 1.46. The number of phenols is 1. The molecule has 3 atom stereocenters. The number of phenolic OH excluding ortho intramolecular Hbond substituents is 1. The molecule has 0 aromatic heterocycles. The molecule has 0 aliphatic heterocycles. The summed E-state index contributed by atoms with van der Waals surface area (Å²) < 4.78 is 4.81. The molecule has 0 heterocycles. The van der Waals surface area contributed by atoms with Crippen molar-refractivity contribution in [2.45, 2.75) is 31.8 Å². The minimum Gasteiger partial charge on any atom is -0.511 e. The Morgan fingerprint density at radius 1 is 1.11 bits per heavy atom. The van der Waals surface area contributed by atoms with Crippen LogP contribution in [0.2, 0.25) is 0 Å². The number of primary amides is 1. The van der Waals surface area contributed by atoms with Crippen LogP contribution in [0.3, 0.4) is 0 Å². The number of benzene rings is 2. The molecule has 10 nitrogen and oxygen atoms in total. The summed E-state index contributed by atoms with van der Waals surface area (Å²) in [7, 11) is 1.25. The Morgan fingerprint density at radius 2 is 1.82 bits per heavy atom. The topological polar surface area (TPSA) is 190 Å². The van der Waals surface area contributed by atoms with Crippen LogP contribution in [0.25, 0.3) is 11.1 Å². The molecular formula is C28H26N2O8. The monoisotopic (exact) mass is 518 g/mol. The van der Waals surface area contributed by atoms with Crippen molar-refractivity contribution in [3.05, 3.63) is 69.5 Å². The first kappa shape index (κ1) is 25.2. The minimum absolute atomic E-state index is 0.0222. The van der Waals surface area contributed by atoms with Gasteiger partial charge in [-0.2, -0.15) is 0 Å². The molecular weight excluding hydrogens is 492 g/mol. The van der Waals surface area contributed by atoms with E-state index in [1.165, 1.54) is 26.2 Å². The van der Waals surface area contributed by atoms with E-state index in [9.17, 15) is 34.5 Å². The highest BCUT2D eigenvalue weighted by molar-refractivity contribution is 6.24. The number of Topliss-reactive ketones (excluding diaryl/α,β-unsaturated/α-hetero) is 2. The predicted octanol–water partition coefficient (Wildman–Crippen LogP) is 2.12. The zero-order valence-electron chi connectivity index (χ0n) is 20.7. The van der Waals surface area contributed by atoms with Gasteiger partial charge in [-0.05, 0) is 72.2 Å². The number of nitrogen functional groups attached to an aromatic ring is 1. The number of anilines is 1. The van der Waals surface area contributed by atoms with Gasteiger partial charge in [-0.3, -0.25) is 14.4 Å². The lowest BCUT2D eigenvalue weighted by molar-refractivity contribution is -0.140. The highest BCUT2D eigenvalue weighted by atomic mass is 16.5. The molecule has 0 radical (unpaired) electrons. The number of ketones is 2. The van der Waals surface area contributed by atoms with E-state index in [0.29, 0.717) is 22.4 Å². The summed E-state index contributed by atoms with van der Waals surface area (Å²) in [6, 6.07) is 7.70. The smallest absolute Gasteiger partial charge is 0.337 e. The van der Waals surface area contributed by atoms with Gasteiger partial charge in [-0.1, -0.05) is 6.07 Å². The fourth-order valence-electron chi connectivity index (χ4n) is 6.28. The van der Waals surface area contributed by atoms with Crippen LogP contribution in [0.5, 0.6) is 5.75 Å². The van der Waals surface area contributed by atoms with Gasteiger partial charge >= 0.3 is 5.97 Å². The summed E-state index contributed by atoms with van der Waals surface area (Å²) in [5.41, 5.74) is 10.9. The molecule has 5 rings (SSSR count). The second kappa shape index (κ2) is 8.56. The highest BCUT2D eigenvalue weighted by Gasteiger charge is 2.57. The zero-order chi connectivity index (χ0) is 27.7. The van der Waals surface area contributed by atoms with Crippen LogP contribution in [0.15, 0.2) is 52.8 Å². The Balaban J connectivity index is 1.68. The number of aliphatic hydroxyl groups excluding tert-OH is 1. The fraction of sp³-hybridized carbons (Fsp3) is 0.286. The molecule has 38 heavy (non-hydrogen) atoms. The van der Waals surface area contributed by atoms with Gasteiger partial charge in [-0.15, -0.1) is 0 Å². The van der Waals surface area contributed by atoms with Crippen molar-refractivity contribution < 1.29 is 39.2 Å². The third-order valence-corrected chi connectivity index (χ3v) is 7.99. The molecule has 10 heteroatoms. The summed E-state index contributed by atoms with van der Waals surface area (Å²) in [6.07, 6.45) is 0.274. The molecule has 0 fully saturated rings. The molecule has 196 valence electrons. The Morgan fingerprint density at radius 3 is 2.47 bits per heavy atom. The van der Waals surface area contributed by atoms with Gasteiger partial charge in [0.25, 0.3) is 5.91 Å². The molecule has 2 aromatic rings. The predicted molar refractivity (Wildman–Crippen MR) is 135 cm³/mol. The number of ether oxygens (including phenoxy) is 1. The summed E-state index contributed by atoms with van der Waals surface area (Å²) in [4.78, 5) is 51.1. The van der Waals surface area contributed by atoms with E-state index in [4.69, 9.17) is 16.2 Å². The summed E-state index contributed by atoms with van der Waals surface area (Å²) >= 11 is 0. The van der Waals surface area contributed by atoms with E-state index >= 15 is 0 Å². The Hall–Kier alpha value is -4.44. The molecule has 0 saturated heterocycles. The number of fused-ring (bicyclic) bond motifs is 3. The van der Waals surface area contributed by atoms with Gasteiger partial charge in [0.2, 0.25) is 5.78 Å². The lowest BCUT2D eigenvalue weighted by atomic mass is 9.58. The van der Waals surface area contributed by atoms with Crippen molar-refractivity contribution in [1.29, 1.82) is 0 Å². The zero-order valence-corrected chi connectivity index (χ0v) is 20.7. The van der Waals surface area contributed by atoms with Crippen LogP contribution >= 0.6 is 0 Å². The molecule has 0 spiro atoms. The highest BCUT2D eigenvalue weighted by Crippen LogP contribution is 2.52. The number of allylic oxidation sites excluding steroid dienone is 2. The van der Waals surface area contributed by atoms with E-state index in [2.05, 4.69) is 0 Å². The maximum atomic E-state index is 13.9. The van der Waals surface area contributed by atoms with E-state index in [1.54, 1.807) is 18.2 Å². The number of amides is 1. The molecule has 0 saturated carbocycles. The number of aliphatic hydroxyl groups is 2. The van der Waals surface area contributed by atoms with Gasteiger partial charge in [-0.25, -0.2) is 4.79 Å². The van der Waals surface area contributed by atoms with Gasteiger partial charge in [0.05, 0.1) is 18.2 Å². The van der Waals surface area contributed by atoms with Crippen molar-refractivity contribution in [3.8, 4) is 16.9 Å². The van der Waals surface area contributed by atoms with Crippen LogP contribution in [0.1, 0.15) is 46.0 Å². The van der Waals surface area contributed by atoms with Crippen molar-refractivity contribution >= 4 is 29.1 Å². The van der Waals surface area contributed by atoms with Crippen LogP contribution in [-0.4, -0.2) is 51.5 Å². The number of carbonyl (C=O) groups excluding carboxylic acids is 4. The molecule has 3 aliphatic rings. The average Bonchev–Trinajstić information content (AvgIpc) is 2.85. The average molecular weight is 519 g/mol. The third-order valence-electron chi connectivity index (χ3n) is 7.99. The lowest BCUT2D eigenvalue weighted by Gasteiger charge is -2.47. The molecule has 0 bridgehead atoms. The lowest BCUT2D eigenvalue weighted by Crippen LogP contribution is -2.56. The van der Waals surface area contributed by atoms with Crippen molar-refractivity contribution in [2.75, 3.05) is 12.8 Å². The normalized spacial score (nSPS) is 24.5. The van der Waals surface area contributed by atoms with E-state index in [0.717, 1.165) is 0 Å². The number of carbonyl (C=O) groups is 4. The quantitative estimate of drug-likeness (QED) is 0.230. The third kappa shape index (κ3) is 3.44. The number of hydrogen-bond donors (Lipinski definition) is 5. The first-order valence-electron chi connectivity index (χ1n) is 12.0. The number of nitrogens with two attached hydrogens (primary N) is 2. The second-order valence-electron chi connectivity index (χ2n) is 10.0. The summed E-state index contributed by atoms with van der Waals surface area (Å²) in [5, 5.41) is 32.7. The van der Waals surface area contributed by atoms with E-state index in [1.807, 2.05) is 0 Å². The van der Waals surface area contributed by atoms with Crippen LogP contribution in [-0.2, 0) is 20.7 Å². The van der Waals surface area contributed by atoms with Gasteiger partial charge in [0, 0.05) is 23.6 Å². The fourth-order valence-corrected chi connectivity index (χ4v) is 6.28.